The molecule has 2 rings (SSSR count). The van der Waals surface area contributed by atoms with Crippen molar-refractivity contribution in [1.29, 1.82) is 0 Å². The Morgan fingerprint density at radius 1 is 1.25 bits per heavy atom. The quantitative estimate of drug-likeness (QED) is 0.895. The average Bonchev–Trinajstić information content (AvgIpc) is 2.40. The lowest BCUT2D eigenvalue weighted by Gasteiger charge is -2.36. The van der Waals surface area contributed by atoms with Crippen LogP contribution in [0.25, 0.3) is 0 Å². The Balaban J connectivity index is 2.40. The normalized spacial score (nSPS) is 26.6. The number of hydrogen-bond donors (Lipinski definition) is 1. The zero-order chi connectivity index (χ0) is 14.7. The molecule has 0 radical (unpaired) electrons. The molecule has 20 heavy (non-hydrogen) atoms. The van der Waals surface area contributed by atoms with Crippen LogP contribution in [0, 0.1) is 25.7 Å². The SMILES string of the molecule is CNCC1CCC(C)CC1c1c(C)cc(C)cc1OC. The largest absolute Gasteiger partial charge is 0.496 e. The number of rotatable bonds is 4. The second-order valence-corrected chi connectivity index (χ2v) is 6.54. The summed E-state index contributed by atoms with van der Waals surface area (Å²) in [6, 6.07) is 4.49. The Bertz CT molecular complexity index is 455. The molecule has 0 saturated heterocycles. The first-order chi connectivity index (χ1) is 9.56. The molecule has 112 valence electrons. The number of benzene rings is 1. The fraction of sp³-hybridized carbons (Fsp3) is 0.667. The number of ether oxygens (including phenoxy) is 1. The molecule has 1 saturated carbocycles. The molecule has 1 aromatic carbocycles. The first-order valence-corrected chi connectivity index (χ1v) is 7.86. The van der Waals surface area contributed by atoms with Crippen LogP contribution in [0.15, 0.2) is 12.1 Å². The van der Waals surface area contributed by atoms with E-state index in [0.717, 1.165) is 24.1 Å². The Hall–Kier alpha value is -1.02. The monoisotopic (exact) mass is 275 g/mol. The first-order valence-electron chi connectivity index (χ1n) is 7.86. The van der Waals surface area contributed by atoms with Gasteiger partial charge in [-0.05, 0) is 75.2 Å². The first kappa shape index (κ1) is 15.4. The Morgan fingerprint density at radius 3 is 2.65 bits per heavy atom. The Labute approximate surface area is 123 Å². The maximum atomic E-state index is 5.70. The molecule has 3 atom stereocenters. The second kappa shape index (κ2) is 6.62. The molecule has 0 aromatic heterocycles. The lowest BCUT2D eigenvalue weighted by molar-refractivity contribution is 0.240. The molecule has 0 amide bonds. The van der Waals surface area contributed by atoms with E-state index in [1.807, 2.05) is 0 Å². The fourth-order valence-electron chi connectivity index (χ4n) is 3.89. The summed E-state index contributed by atoms with van der Waals surface area (Å²) in [6.07, 6.45) is 3.96. The topological polar surface area (TPSA) is 21.3 Å². The van der Waals surface area contributed by atoms with Gasteiger partial charge in [0.2, 0.25) is 0 Å². The number of nitrogens with one attached hydrogen (secondary N) is 1. The zero-order valence-electron chi connectivity index (χ0n) is 13.6. The van der Waals surface area contributed by atoms with Crippen LogP contribution in [0.1, 0.15) is 48.8 Å². The summed E-state index contributed by atoms with van der Waals surface area (Å²) in [7, 11) is 3.87. The molecule has 2 nitrogen and oxygen atoms in total. The highest BCUT2D eigenvalue weighted by molar-refractivity contribution is 5.45. The lowest BCUT2D eigenvalue weighted by atomic mass is 9.70. The molecule has 2 heteroatoms. The van der Waals surface area contributed by atoms with Crippen LogP contribution in [-0.4, -0.2) is 20.7 Å². The number of methoxy groups -OCH3 is 1. The smallest absolute Gasteiger partial charge is 0.122 e. The summed E-state index contributed by atoms with van der Waals surface area (Å²) in [6.45, 7) is 7.88. The van der Waals surface area contributed by atoms with E-state index < -0.39 is 0 Å². The van der Waals surface area contributed by atoms with E-state index >= 15 is 0 Å². The van der Waals surface area contributed by atoms with Crippen molar-refractivity contribution in [2.45, 2.75) is 46.0 Å². The van der Waals surface area contributed by atoms with E-state index in [9.17, 15) is 0 Å². The summed E-state index contributed by atoms with van der Waals surface area (Å²) in [5, 5.41) is 3.38. The highest BCUT2D eigenvalue weighted by Crippen LogP contribution is 2.44. The maximum absolute atomic E-state index is 5.70. The van der Waals surface area contributed by atoms with Gasteiger partial charge in [0.1, 0.15) is 5.75 Å². The van der Waals surface area contributed by atoms with Crippen LogP contribution < -0.4 is 10.1 Å². The van der Waals surface area contributed by atoms with Crippen LogP contribution in [-0.2, 0) is 0 Å². The Kier molecular flexibility index (Phi) is 5.09. The molecule has 1 fully saturated rings. The van der Waals surface area contributed by atoms with Gasteiger partial charge in [-0.15, -0.1) is 0 Å². The molecule has 0 bridgehead atoms. The van der Waals surface area contributed by atoms with E-state index in [1.165, 1.54) is 36.0 Å². The van der Waals surface area contributed by atoms with Crippen molar-refractivity contribution in [3.05, 3.63) is 28.8 Å². The summed E-state index contributed by atoms with van der Waals surface area (Å²) < 4.78 is 5.70. The molecule has 0 spiro atoms. The lowest BCUT2D eigenvalue weighted by Crippen LogP contribution is -2.30. The number of aryl methyl sites for hydroxylation is 2. The van der Waals surface area contributed by atoms with Crippen molar-refractivity contribution in [3.8, 4) is 5.75 Å². The minimum absolute atomic E-state index is 0.627. The van der Waals surface area contributed by atoms with Gasteiger partial charge in [-0.25, -0.2) is 0 Å². The third-order valence-corrected chi connectivity index (χ3v) is 4.81. The number of hydrogen-bond acceptors (Lipinski definition) is 2. The van der Waals surface area contributed by atoms with Crippen molar-refractivity contribution in [2.75, 3.05) is 20.7 Å². The standard InChI is InChI=1S/C18H29NO/c1-12-6-7-15(11-19-4)16(9-12)18-14(3)8-13(2)10-17(18)20-5/h8,10,12,15-16,19H,6-7,9,11H2,1-5H3. The van der Waals surface area contributed by atoms with E-state index in [0.29, 0.717) is 5.92 Å². The molecular formula is C18H29NO. The van der Waals surface area contributed by atoms with Crippen LogP contribution >= 0.6 is 0 Å². The molecule has 3 unspecified atom stereocenters. The van der Waals surface area contributed by atoms with E-state index in [4.69, 9.17) is 4.74 Å². The van der Waals surface area contributed by atoms with Crippen LogP contribution in [0.3, 0.4) is 0 Å². The summed E-state index contributed by atoms with van der Waals surface area (Å²) in [5.41, 5.74) is 4.13. The molecule has 1 N–H and O–H groups in total. The second-order valence-electron chi connectivity index (χ2n) is 6.54. The third kappa shape index (κ3) is 3.17. The van der Waals surface area contributed by atoms with Crippen molar-refractivity contribution >= 4 is 0 Å². The van der Waals surface area contributed by atoms with E-state index in [2.05, 4.69) is 45.3 Å². The predicted octanol–water partition coefficient (Wildman–Crippen LogP) is 4.05. The minimum Gasteiger partial charge on any atom is -0.496 e. The summed E-state index contributed by atoms with van der Waals surface area (Å²) >= 11 is 0. The van der Waals surface area contributed by atoms with Crippen molar-refractivity contribution < 1.29 is 4.74 Å². The van der Waals surface area contributed by atoms with E-state index in [1.54, 1.807) is 7.11 Å². The van der Waals surface area contributed by atoms with Crippen molar-refractivity contribution in [1.82, 2.24) is 5.32 Å². The van der Waals surface area contributed by atoms with Gasteiger partial charge in [-0.1, -0.05) is 19.4 Å². The van der Waals surface area contributed by atoms with Gasteiger partial charge >= 0.3 is 0 Å². The molecule has 0 aliphatic heterocycles. The van der Waals surface area contributed by atoms with Crippen molar-refractivity contribution in [2.24, 2.45) is 11.8 Å². The average molecular weight is 275 g/mol. The van der Waals surface area contributed by atoms with Gasteiger partial charge in [-0.3, -0.25) is 0 Å². The zero-order valence-corrected chi connectivity index (χ0v) is 13.6. The molecule has 1 aliphatic rings. The Morgan fingerprint density at radius 2 is 2.00 bits per heavy atom. The highest BCUT2D eigenvalue weighted by atomic mass is 16.5. The predicted molar refractivity (Wildman–Crippen MR) is 85.6 cm³/mol. The highest BCUT2D eigenvalue weighted by Gasteiger charge is 2.32. The fourth-order valence-corrected chi connectivity index (χ4v) is 3.89. The van der Waals surface area contributed by atoms with Gasteiger partial charge in [0, 0.05) is 5.56 Å². The van der Waals surface area contributed by atoms with Gasteiger partial charge in [0.15, 0.2) is 0 Å². The van der Waals surface area contributed by atoms with Crippen LogP contribution in [0.5, 0.6) is 5.75 Å². The van der Waals surface area contributed by atoms with Gasteiger partial charge in [0.05, 0.1) is 7.11 Å². The molecular weight excluding hydrogens is 246 g/mol. The van der Waals surface area contributed by atoms with Gasteiger partial charge in [0.25, 0.3) is 0 Å². The molecule has 0 heterocycles. The minimum atomic E-state index is 0.627. The summed E-state index contributed by atoms with van der Waals surface area (Å²) in [5.74, 6) is 3.26. The van der Waals surface area contributed by atoms with E-state index in [-0.39, 0.29) is 0 Å². The third-order valence-electron chi connectivity index (χ3n) is 4.81. The van der Waals surface area contributed by atoms with Crippen molar-refractivity contribution in [3.63, 3.8) is 0 Å². The maximum Gasteiger partial charge on any atom is 0.122 e. The molecule has 1 aromatic rings. The summed E-state index contributed by atoms with van der Waals surface area (Å²) in [4.78, 5) is 0. The van der Waals surface area contributed by atoms with Gasteiger partial charge < -0.3 is 10.1 Å². The van der Waals surface area contributed by atoms with Crippen LogP contribution in [0.2, 0.25) is 0 Å². The van der Waals surface area contributed by atoms with Crippen LogP contribution in [0.4, 0.5) is 0 Å². The van der Waals surface area contributed by atoms with Gasteiger partial charge in [-0.2, -0.15) is 0 Å². The molecule has 1 aliphatic carbocycles.